The summed E-state index contributed by atoms with van der Waals surface area (Å²) in [5, 5.41) is 12.5. The number of nitrogens with one attached hydrogen (secondary N) is 1. The molecule has 5 heteroatoms. The van der Waals surface area contributed by atoms with E-state index in [0.717, 1.165) is 18.8 Å². The second kappa shape index (κ2) is 6.44. The van der Waals surface area contributed by atoms with Gasteiger partial charge >= 0.3 is 0 Å². The summed E-state index contributed by atoms with van der Waals surface area (Å²) < 4.78 is 2.31. The van der Waals surface area contributed by atoms with Crippen LogP contribution in [0, 0.1) is 0 Å². The zero-order chi connectivity index (χ0) is 14.8. The molecule has 2 aliphatic heterocycles. The van der Waals surface area contributed by atoms with Crippen molar-refractivity contribution < 1.29 is 0 Å². The third kappa shape index (κ3) is 3.29. The third-order valence-corrected chi connectivity index (χ3v) is 5.00. The molecular formula is C16H29N5. The Labute approximate surface area is 128 Å². The Balaban J connectivity index is 1.58. The van der Waals surface area contributed by atoms with Crippen LogP contribution in [-0.2, 0) is 13.0 Å². The molecule has 1 N–H and O–H groups in total. The molecule has 1 aromatic heterocycles. The zero-order valence-corrected chi connectivity index (χ0v) is 13.7. The molecule has 3 heterocycles. The summed E-state index contributed by atoms with van der Waals surface area (Å²) >= 11 is 0. The number of nitrogens with zero attached hydrogens (tertiary/aromatic N) is 4. The molecule has 118 valence electrons. The molecule has 21 heavy (non-hydrogen) atoms. The summed E-state index contributed by atoms with van der Waals surface area (Å²) in [6.45, 7) is 10.4. The Kier molecular flexibility index (Phi) is 4.60. The summed E-state index contributed by atoms with van der Waals surface area (Å²) in [4.78, 5) is 2.60. The second-order valence-electron chi connectivity index (χ2n) is 6.88. The minimum absolute atomic E-state index is 0.306. The molecule has 3 rings (SSSR count). The molecule has 5 nitrogen and oxygen atoms in total. The van der Waals surface area contributed by atoms with Crippen molar-refractivity contribution in [3.05, 3.63) is 11.6 Å². The van der Waals surface area contributed by atoms with Crippen LogP contribution < -0.4 is 5.32 Å². The van der Waals surface area contributed by atoms with Gasteiger partial charge in [-0.2, -0.15) is 0 Å². The molecule has 0 radical (unpaired) electrons. The maximum absolute atomic E-state index is 4.41. The van der Waals surface area contributed by atoms with Gasteiger partial charge in [-0.05, 0) is 59.5 Å². The van der Waals surface area contributed by atoms with Crippen LogP contribution in [0.4, 0.5) is 0 Å². The van der Waals surface area contributed by atoms with Gasteiger partial charge in [-0.3, -0.25) is 0 Å². The van der Waals surface area contributed by atoms with Crippen LogP contribution in [0.25, 0.3) is 0 Å². The van der Waals surface area contributed by atoms with Crippen LogP contribution in [-0.4, -0.2) is 44.8 Å². The first kappa shape index (κ1) is 15.0. The summed E-state index contributed by atoms with van der Waals surface area (Å²) in [6.07, 6.45) is 6.11. The van der Waals surface area contributed by atoms with Crippen molar-refractivity contribution in [3.8, 4) is 0 Å². The molecule has 2 unspecified atom stereocenters. The molecule has 1 fully saturated rings. The predicted molar refractivity (Wildman–Crippen MR) is 84.2 cm³/mol. The van der Waals surface area contributed by atoms with Crippen molar-refractivity contribution in [3.63, 3.8) is 0 Å². The topological polar surface area (TPSA) is 46.0 Å². The van der Waals surface area contributed by atoms with E-state index in [0.29, 0.717) is 18.1 Å². The Bertz CT molecular complexity index is 467. The number of aryl methyl sites for hydroxylation is 1. The average molecular weight is 291 g/mol. The molecule has 2 atom stereocenters. The highest BCUT2D eigenvalue weighted by Crippen LogP contribution is 2.21. The largest absolute Gasteiger partial charge is 0.314 e. The van der Waals surface area contributed by atoms with Gasteiger partial charge in [0.2, 0.25) is 0 Å². The molecule has 1 saturated heterocycles. The SMILES string of the molecule is CC(NC1CCCN(C(C)C)CC1)c1nnc2n1CCC2. The maximum atomic E-state index is 4.41. The van der Waals surface area contributed by atoms with Gasteiger partial charge in [0.15, 0.2) is 0 Å². The van der Waals surface area contributed by atoms with Crippen molar-refractivity contribution in [2.75, 3.05) is 13.1 Å². The third-order valence-electron chi connectivity index (χ3n) is 5.00. The smallest absolute Gasteiger partial charge is 0.149 e. The summed E-state index contributed by atoms with van der Waals surface area (Å²) in [5.74, 6) is 2.30. The van der Waals surface area contributed by atoms with Crippen LogP contribution in [0.5, 0.6) is 0 Å². The monoisotopic (exact) mass is 291 g/mol. The lowest BCUT2D eigenvalue weighted by atomic mass is 10.1. The molecule has 0 aromatic carbocycles. The Hall–Kier alpha value is -0.940. The lowest BCUT2D eigenvalue weighted by molar-refractivity contribution is 0.228. The molecule has 0 amide bonds. The van der Waals surface area contributed by atoms with Gasteiger partial charge in [0.1, 0.15) is 11.6 Å². The van der Waals surface area contributed by atoms with E-state index in [4.69, 9.17) is 0 Å². The maximum Gasteiger partial charge on any atom is 0.149 e. The fourth-order valence-electron chi connectivity index (χ4n) is 3.72. The molecule has 0 saturated carbocycles. The fourth-order valence-corrected chi connectivity index (χ4v) is 3.72. The quantitative estimate of drug-likeness (QED) is 0.923. The fraction of sp³-hybridized carbons (Fsp3) is 0.875. The van der Waals surface area contributed by atoms with Crippen LogP contribution in [0.1, 0.15) is 64.1 Å². The normalized spacial score (nSPS) is 25.0. The van der Waals surface area contributed by atoms with Crippen molar-refractivity contribution in [1.82, 2.24) is 25.0 Å². The Morgan fingerprint density at radius 3 is 2.71 bits per heavy atom. The van der Waals surface area contributed by atoms with Crippen LogP contribution in [0.15, 0.2) is 0 Å². The lowest BCUT2D eigenvalue weighted by Gasteiger charge is -2.25. The van der Waals surface area contributed by atoms with Gasteiger partial charge in [-0.1, -0.05) is 0 Å². The molecule has 0 bridgehead atoms. The van der Waals surface area contributed by atoms with Gasteiger partial charge in [-0.15, -0.1) is 10.2 Å². The van der Waals surface area contributed by atoms with E-state index in [-0.39, 0.29) is 0 Å². The van der Waals surface area contributed by atoms with E-state index in [1.54, 1.807) is 0 Å². The number of rotatable bonds is 4. The van der Waals surface area contributed by atoms with E-state index in [9.17, 15) is 0 Å². The van der Waals surface area contributed by atoms with Crippen LogP contribution >= 0.6 is 0 Å². The highest BCUT2D eigenvalue weighted by molar-refractivity contribution is 5.04. The second-order valence-corrected chi connectivity index (χ2v) is 6.88. The van der Waals surface area contributed by atoms with E-state index >= 15 is 0 Å². The minimum atomic E-state index is 0.306. The van der Waals surface area contributed by atoms with Gasteiger partial charge in [0.05, 0.1) is 6.04 Å². The molecule has 1 aromatic rings. The zero-order valence-electron chi connectivity index (χ0n) is 13.7. The van der Waals surface area contributed by atoms with Gasteiger partial charge in [-0.25, -0.2) is 0 Å². The Morgan fingerprint density at radius 1 is 1.05 bits per heavy atom. The van der Waals surface area contributed by atoms with Crippen LogP contribution in [0.3, 0.4) is 0 Å². The van der Waals surface area contributed by atoms with E-state index < -0.39 is 0 Å². The van der Waals surface area contributed by atoms with Crippen molar-refractivity contribution in [2.45, 2.75) is 77.5 Å². The minimum Gasteiger partial charge on any atom is -0.314 e. The number of likely N-dealkylation sites (tertiary alicyclic amines) is 1. The standard InChI is InChI=1S/C16H29N5/c1-12(2)20-9-4-6-14(8-11-20)17-13(3)16-19-18-15-7-5-10-21(15)16/h12-14,17H,4-11H2,1-3H3. The summed E-state index contributed by atoms with van der Waals surface area (Å²) in [6, 6.07) is 1.58. The highest BCUT2D eigenvalue weighted by Gasteiger charge is 2.24. The predicted octanol–water partition coefficient (Wildman–Crippen LogP) is 2.14. The van der Waals surface area contributed by atoms with Crippen LogP contribution in [0.2, 0.25) is 0 Å². The first-order valence-corrected chi connectivity index (χ1v) is 8.57. The van der Waals surface area contributed by atoms with E-state index in [1.165, 1.54) is 44.6 Å². The van der Waals surface area contributed by atoms with Gasteiger partial charge < -0.3 is 14.8 Å². The summed E-state index contributed by atoms with van der Waals surface area (Å²) in [5.41, 5.74) is 0. The number of hydrogen-bond acceptors (Lipinski definition) is 4. The molecule has 2 aliphatic rings. The number of aromatic nitrogens is 3. The molecule has 0 spiro atoms. The van der Waals surface area contributed by atoms with Crippen molar-refractivity contribution in [2.24, 2.45) is 0 Å². The van der Waals surface area contributed by atoms with Crippen molar-refractivity contribution >= 4 is 0 Å². The van der Waals surface area contributed by atoms with Gasteiger partial charge in [0, 0.05) is 25.0 Å². The van der Waals surface area contributed by atoms with E-state index in [2.05, 4.69) is 45.8 Å². The molecular weight excluding hydrogens is 262 g/mol. The number of fused-ring (bicyclic) bond motifs is 1. The number of hydrogen-bond donors (Lipinski definition) is 1. The average Bonchev–Trinajstić information content (AvgIpc) is 2.97. The lowest BCUT2D eigenvalue weighted by Crippen LogP contribution is -2.35. The van der Waals surface area contributed by atoms with E-state index in [1.807, 2.05) is 0 Å². The van der Waals surface area contributed by atoms with Gasteiger partial charge in [0.25, 0.3) is 0 Å². The summed E-state index contributed by atoms with van der Waals surface area (Å²) in [7, 11) is 0. The Morgan fingerprint density at radius 2 is 1.90 bits per heavy atom. The first-order chi connectivity index (χ1) is 10.1. The first-order valence-electron chi connectivity index (χ1n) is 8.57. The molecule has 0 aliphatic carbocycles. The van der Waals surface area contributed by atoms with Crippen molar-refractivity contribution in [1.29, 1.82) is 0 Å². The highest BCUT2D eigenvalue weighted by atomic mass is 15.3.